The Labute approximate surface area is 55.6 Å². The van der Waals surface area contributed by atoms with Crippen molar-refractivity contribution in [2.75, 3.05) is 20.1 Å². The molecule has 1 heterocycles. The van der Waals surface area contributed by atoms with E-state index in [9.17, 15) is 0 Å². The fourth-order valence-corrected chi connectivity index (χ4v) is 0.827. The Bertz CT molecular complexity index is 136. The largest absolute Gasteiger partial charge is 0.387 e. The van der Waals surface area contributed by atoms with E-state index >= 15 is 0 Å². The molecule has 0 aromatic carbocycles. The zero-order chi connectivity index (χ0) is 6.53. The van der Waals surface area contributed by atoms with Gasteiger partial charge in [0.05, 0.1) is 0 Å². The minimum atomic E-state index is 0.966. The molecule has 2 heteroatoms. The van der Waals surface area contributed by atoms with E-state index in [-0.39, 0.29) is 0 Å². The van der Waals surface area contributed by atoms with Gasteiger partial charge >= 0.3 is 0 Å². The monoisotopic (exact) mass is 124 g/mol. The summed E-state index contributed by atoms with van der Waals surface area (Å²) in [6.07, 6.45) is 6.24. The Hall–Kier alpha value is -0.760. The summed E-state index contributed by atoms with van der Waals surface area (Å²) in [7, 11) is 1.96. The molecule has 2 nitrogen and oxygen atoms in total. The van der Waals surface area contributed by atoms with Crippen molar-refractivity contribution in [3.05, 3.63) is 23.9 Å². The second-order valence-corrected chi connectivity index (χ2v) is 2.05. The number of hydrogen-bond donors (Lipinski definition) is 2. The van der Waals surface area contributed by atoms with E-state index in [1.165, 1.54) is 5.57 Å². The number of dihydropyridines is 1. The summed E-state index contributed by atoms with van der Waals surface area (Å²) in [4.78, 5) is 0. The van der Waals surface area contributed by atoms with Gasteiger partial charge in [-0.1, -0.05) is 6.08 Å². The summed E-state index contributed by atoms with van der Waals surface area (Å²) in [5.74, 6) is 0. The smallest absolute Gasteiger partial charge is 0.0331 e. The molecule has 0 atom stereocenters. The minimum absolute atomic E-state index is 0.966. The lowest BCUT2D eigenvalue weighted by Gasteiger charge is -2.06. The number of nitrogens with one attached hydrogen (secondary N) is 2. The Morgan fingerprint density at radius 3 is 3.22 bits per heavy atom. The van der Waals surface area contributed by atoms with Crippen LogP contribution in [0.1, 0.15) is 0 Å². The Kier molecular flexibility index (Phi) is 2.33. The van der Waals surface area contributed by atoms with Crippen molar-refractivity contribution in [3.8, 4) is 0 Å². The second kappa shape index (κ2) is 3.30. The van der Waals surface area contributed by atoms with Crippen molar-refractivity contribution in [1.82, 2.24) is 10.6 Å². The molecule has 9 heavy (non-hydrogen) atoms. The summed E-state index contributed by atoms with van der Waals surface area (Å²) in [6, 6.07) is 0. The molecular weight excluding hydrogens is 112 g/mol. The van der Waals surface area contributed by atoms with E-state index in [4.69, 9.17) is 0 Å². The number of hydrogen-bond acceptors (Lipinski definition) is 2. The lowest BCUT2D eigenvalue weighted by molar-refractivity contribution is 0.866. The molecule has 1 aliphatic heterocycles. The third kappa shape index (κ3) is 1.90. The molecule has 0 saturated carbocycles. The molecule has 0 aromatic heterocycles. The van der Waals surface area contributed by atoms with E-state index in [0.29, 0.717) is 0 Å². The van der Waals surface area contributed by atoms with E-state index in [0.717, 1.165) is 13.1 Å². The summed E-state index contributed by atoms with van der Waals surface area (Å²) >= 11 is 0. The van der Waals surface area contributed by atoms with Gasteiger partial charge in [-0.05, 0) is 24.9 Å². The molecule has 0 aromatic rings. The van der Waals surface area contributed by atoms with Gasteiger partial charge in [0, 0.05) is 13.1 Å². The van der Waals surface area contributed by atoms with Gasteiger partial charge in [-0.15, -0.1) is 0 Å². The van der Waals surface area contributed by atoms with Crippen LogP contribution in [-0.4, -0.2) is 20.1 Å². The molecule has 0 radical (unpaired) electrons. The van der Waals surface area contributed by atoms with Crippen LogP contribution < -0.4 is 10.6 Å². The van der Waals surface area contributed by atoms with E-state index in [2.05, 4.69) is 22.8 Å². The third-order valence-electron chi connectivity index (χ3n) is 1.28. The lowest BCUT2D eigenvalue weighted by Crippen LogP contribution is -2.15. The van der Waals surface area contributed by atoms with Crippen LogP contribution in [0, 0.1) is 0 Å². The first kappa shape index (κ1) is 6.36. The van der Waals surface area contributed by atoms with Gasteiger partial charge < -0.3 is 10.6 Å². The summed E-state index contributed by atoms with van der Waals surface area (Å²) in [6.45, 7) is 1.94. The first-order chi connectivity index (χ1) is 4.43. The van der Waals surface area contributed by atoms with Crippen molar-refractivity contribution in [3.63, 3.8) is 0 Å². The topological polar surface area (TPSA) is 24.1 Å². The van der Waals surface area contributed by atoms with Crippen molar-refractivity contribution >= 4 is 0 Å². The summed E-state index contributed by atoms with van der Waals surface area (Å²) in [5.41, 5.74) is 1.36. The lowest BCUT2D eigenvalue weighted by atomic mass is 10.2. The van der Waals surface area contributed by atoms with Crippen molar-refractivity contribution in [2.24, 2.45) is 0 Å². The molecule has 1 aliphatic rings. The molecule has 50 valence electrons. The van der Waals surface area contributed by atoms with Gasteiger partial charge in [-0.3, -0.25) is 0 Å². The Balaban J connectivity index is 2.38. The molecule has 2 N–H and O–H groups in total. The van der Waals surface area contributed by atoms with Crippen molar-refractivity contribution in [2.45, 2.75) is 0 Å². The van der Waals surface area contributed by atoms with Crippen LogP contribution >= 0.6 is 0 Å². The van der Waals surface area contributed by atoms with E-state index in [1.54, 1.807) is 0 Å². The SMILES string of the molecule is CNCC1=CCNC=C1. The highest BCUT2D eigenvalue weighted by atomic mass is 14.8. The molecule has 0 amide bonds. The zero-order valence-corrected chi connectivity index (χ0v) is 5.65. The Morgan fingerprint density at radius 1 is 1.78 bits per heavy atom. The van der Waals surface area contributed by atoms with Crippen molar-refractivity contribution < 1.29 is 0 Å². The van der Waals surface area contributed by atoms with Crippen molar-refractivity contribution in [1.29, 1.82) is 0 Å². The highest BCUT2D eigenvalue weighted by molar-refractivity contribution is 5.23. The molecule has 1 rings (SSSR count). The quantitative estimate of drug-likeness (QED) is 0.551. The standard InChI is InChI=1S/C7H12N2/c1-8-6-7-2-4-9-5-3-7/h2-4,8-9H,5-6H2,1H3. The summed E-state index contributed by atoms with van der Waals surface area (Å²) < 4.78 is 0. The molecule has 0 saturated heterocycles. The van der Waals surface area contributed by atoms with Crippen LogP contribution in [0.5, 0.6) is 0 Å². The van der Waals surface area contributed by atoms with Gasteiger partial charge in [-0.25, -0.2) is 0 Å². The third-order valence-corrected chi connectivity index (χ3v) is 1.28. The van der Waals surface area contributed by atoms with Gasteiger partial charge in [-0.2, -0.15) is 0 Å². The van der Waals surface area contributed by atoms with E-state index in [1.807, 2.05) is 13.2 Å². The van der Waals surface area contributed by atoms with Gasteiger partial charge in [0.2, 0.25) is 0 Å². The molecule has 0 spiro atoms. The van der Waals surface area contributed by atoms with Crippen LogP contribution in [0.3, 0.4) is 0 Å². The molecule has 0 fully saturated rings. The fraction of sp³-hybridized carbons (Fsp3) is 0.429. The highest BCUT2D eigenvalue weighted by Crippen LogP contribution is 1.96. The first-order valence-corrected chi connectivity index (χ1v) is 3.17. The van der Waals surface area contributed by atoms with Crippen LogP contribution in [0.25, 0.3) is 0 Å². The van der Waals surface area contributed by atoms with Crippen LogP contribution in [0.2, 0.25) is 0 Å². The average Bonchev–Trinajstić information content (AvgIpc) is 1.91. The molecular formula is C7H12N2. The van der Waals surface area contributed by atoms with E-state index < -0.39 is 0 Å². The van der Waals surface area contributed by atoms with Crippen LogP contribution in [0.4, 0.5) is 0 Å². The number of rotatable bonds is 2. The van der Waals surface area contributed by atoms with Gasteiger partial charge in [0.25, 0.3) is 0 Å². The molecule has 0 aliphatic carbocycles. The van der Waals surface area contributed by atoms with Gasteiger partial charge in [0.1, 0.15) is 0 Å². The summed E-state index contributed by atoms with van der Waals surface area (Å²) in [5, 5.41) is 6.18. The maximum Gasteiger partial charge on any atom is 0.0331 e. The second-order valence-electron chi connectivity index (χ2n) is 2.05. The number of likely N-dealkylation sites (N-methyl/N-ethyl adjacent to an activating group) is 1. The van der Waals surface area contributed by atoms with Crippen LogP contribution in [0.15, 0.2) is 23.9 Å². The maximum absolute atomic E-state index is 3.09. The molecule has 0 unspecified atom stereocenters. The Morgan fingerprint density at radius 2 is 2.67 bits per heavy atom. The van der Waals surface area contributed by atoms with Gasteiger partial charge in [0.15, 0.2) is 0 Å². The van der Waals surface area contributed by atoms with Crippen LogP contribution in [-0.2, 0) is 0 Å². The molecule has 0 bridgehead atoms. The first-order valence-electron chi connectivity index (χ1n) is 3.17. The fourth-order valence-electron chi connectivity index (χ4n) is 0.827. The highest BCUT2D eigenvalue weighted by Gasteiger charge is 1.92. The maximum atomic E-state index is 3.09. The zero-order valence-electron chi connectivity index (χ0n) is 5.65. The minimum Gasteiger partial charge on any atom is -0.387 e. The average molecular weight is 124 g/mol. The normalized spacial score (nSPS) is 16.8. The predicted molar refractivity (Wildman–Crippen MR) is 39.2 cm³/mol. The predicted octanol–water partition coefficient (Wildman–Crippen LogP) is 0.249.